The Hall–Kier alpha value is -0.370. The molecule has 2 rings (SSSR count). The minimum Gasteiger partial charge on any atom is -0.298 e. The number of carbonyl (C=O) groups is 1. The van der Waals surface area contributed by atoms with Gasteiger partial charge in [0.2, 0.25) is 0 Å². The molecule has 1 unspecified atom stereocenters. The zero-order valence-corrected chi connectivity index (χ0v) is 9.87. The first-order valence-electron chi connectivity index (χ1n) is 6.61. The molecule has 86 valence electrons. The number of carbonyl (C=O) groups excluding carboxylic acids is 1. The van der Waals surface area contributed by atoms with Crippen molar-refractivity contribution < 1.29 is 4.79 Å². The molecule has 2 saturated carbocycles. The van der Waals surface area contributed by atoms with Crippen LogP contribution in [0.3, 0.4) is 0 Å². The molecule has 0 heterocycles. The Morgan fingerprint density at radius 3 is 2.40 bits per heavy atom. The van der Waals surface area contributed by atoms with E-state index < -0.39 is 0 Å². The Bertz CT molecular complexity index is 221. The van der Waals surface area contributed by atoms with Crippen molar-refractivity contribution in [3.05, 3.63) is 0 Å². The molecule has 0 aliphatic heterocycles. The number of likely N-dealkylation sites (N-methyl/N-ethyl adjacent to an activating group) is 1. The summed E-state index contributed by atoms with van der Waals surface area (Å²) in [5.41, 5.74) is 0. The van der Waals surface area contributed by atoms with Crippen molar-refractivity contribution in [2.24, 2.45) is 0 Å². The predicted octanol–water partition coefficient (Wildman–Crippen LogP) is 2.76. The SMILES string of the molecule is CCN(C1CCCCC1)C1CCCC1=O. The van der Waals surface area contributed by atoms with E-state index >= 15 is 0 Å². The second-order valence-electron chi connectivity index (χ2n) is 5.00. The van der Waals surface area contributed by atoms with Crippen LogP contribution >= 0.6 is 0 Å². The zero-order valence-electron chi connectivity index (χ0n) is 9.87. The molecule has 15 heavy (non-hydrogen) atoms. The highest BCUT2D eigenvalue weighted by Crippen LogP contribution is 2.28. The molecule has 0 amide bonds. The Labute approximate surface area is 93.0 Å². The normalized spacial score (nSPS) is 28.9. The second-order valence-corrected chi connectivity index (χ2v) is 5.00. The molecule has 2 aliphatic carbocycles. The van der Waals surface area contributed by atoms with Crippen LogP contribution in [0.15, 0.2) is 0 Å². The number of hydrogen-bond donors (Lipinski definition) is 0. The number of ketones is 1. The average molecular weight is 209 g/mol. The Balaban J connectivity index is 1.98. The van der Waals surface area contributed by atoms with Crippen LogP contribution in [0.1, 0.15) is 58.3 Å². The van der Waals surface area contributed by atoms with Gasteiger partial charge < -0.3 is 0 Å². The van der Waals surface area contributed by atoms with Gasteiger partial charge in [-0.1, -0.05) is 26.2 Å². The molecule has 0 bridgehead atoms. The summed E-state index contributed by atoms with van der Waals surface area (Å²) in [4.78, 5) is 14.3. The van der Waals surface area contributed by atoms with Gasteiger partial charge in [-0.25, -0.2) is 0 Å². The molecule has 0 aromatic carbocycles. The van der Waals surface area contributed by atoms with E-state index in [2.05, 4.69) is 11.8 Å². The largest absolute Gasteiger partial charge is 0.298 e. The fourth-order valence-electron chi connectivity index (χ4n) is 3.29. The van der Waals surface area contributed by atoms with Crippen molar-refractivity contribution in [3.63, 3.8) is 0 Å². The van der Waals surface area contributed by atoms with E-state index in [9.17, 15) is 4.79 Å². The molecule has 0 saturated heterocycles. The van der Waals surface area contributed by atoms with Gasteiger partial charge in [0.05, 0.1) is 6.04 Å². The van der Waals surface area contributed by atoms with E-state index in [-0.39, 0.29) is 6.04 Å². The van der Waals surface area contributed by atoms with E-state index in [1.54, 1.807) is 0 Å². The molecule has 0 spiro atoms. The first-order chi connectivity index (χ1) is 7.33. The number of Topliss-reactive ketones (excluding diaryl/α,β-unsaturated/α-hetero) is 1. The third-order valence-electron chi connectivity index (χ3n) is 4.08. The van der Waals surface area contributed by atoms with Crippen LogP contribution in [0.2, 0.25) is 0 Å². The van der Waals surface area contributed by atoms with E-state index in [4.69, 9.17) is 0 Å². The van der Waals surface area contributed by atoms with Crippen LogP contribution in [0, 0.1) is 0 Å². The molecule has 0 N–H and O–H groups in total. The van der Waals surface area contributed by atoms with Crippen molar-refractivity contribution in [1.29, 1.82) is 0 Å². The summed E-state index contributed by atoms with van der Waals surface area (Å²) < 4.78 is 0. The lowest BCUT2D eigenvalue weighted by atomic mass is 9.93. The maximum Gasteiger partial charge on any atom is 0.149 e. The van der Waals surface area contributed by atoms with Gasteiger partial charge in [-0.3, -0.25) is 9.69 Å². The standard InChI is InChI=1S/C13H23NO/c1-2-14(11-7-4-3-5-8-11)12-9-6-10-13(12)15/h11-12H,2-10H2,1H3. The maximum absolute atomic E-state index is 11.8. The summed E-state index contributed by atoms with van der Waals surface area (Å²) in [7, 11) is 0. The summed E-state index contributed by atoms with van der Waals surface area (Å²) in [5.74, 6) is 0.502. The van der Waals surface area contributed by atoms with Gasteiger partial charge in [0.25, 0.3) is 0 Å². The van der Waals surface area contributed by atoms with Crippen molar-refractivity contribution >= 4 is 5.78 Å². The van der Waals surface area contributed by atoms with Crippen LogP contribution in [-0.4, -0.2) is 29.3 Å². The van der Waals surface area contributed by atoms with Gasteiger partial charge in [0.1, 0.15) is 5.78 Å². The zero-order chi connectivity index (χ0) is 10.7. The molecule has 2 nitrogen and oxygen atoms in total. The lowest BCUT2D eigenvalue weighted by molar-refractivity contribution is -0.122. The van der Waals surface area contributed by atoms with E-state index in [0.29, 0.717) is 11.8 Å². The Morgan fingerprint density at radius 2 is 1.87 bits per heavy atom. The summed E-state index contributed by atoms with van der Waals surface area (Å²) >= 11 is 0. The van der Waals surface area contributed by atoms with Crippen LogP contribution in [0.4, 0.5) is 0 Å². The van der Waals surface area contributed by atoms with Crippen molar-refractivity contribution in [3.8, 4) is 0 Å². The second kappa shape index (κ2) is 5.11. The lowest BCUT2D eigenvalue weighted by Crippen LogP contribution is -2.45. The fourth-order valence-corrected chi connectivity index (χ4v) is 3.29. The smallest absolute Gasteiger partial charge is 0.149 e. The molecule has 2 fully saturated rings. The molecular weight excluding hydrogens is 186 g/mol. The summed E-state index contributed by atoms with van der Waals surface area (Å²) in [6.07, 6.45) is 9.82. The van der Waals surface area contributed by atoms with Crippen LogP contribution in [0.25, 0.3) is 0 Å². The summed E-state index contributed by atoms with van der Waals surface area (Å²) in [6.45, 7) is 3.27. The van der Waals surface area contributed by atoms with Crippen LogP contribution < -0.4 is 0 Å². The van der Waals surface area contributed by atoms with Gasteiger partial charge in [-0.15, -0.1) is 0 Å². The van der Waals surface area contributed by atoms with E-state index in [1.165, 1.54) is 32.1 Å². The molecular formula is C13H23NO. The minimum absolute atomic E-state index is 0.276. The molecule has 0 aromatic heterocycles. The van der Waals surface area contributed by atoms with E-state index in [0.717, 1.165) is 25.8 Å². The van der Waals surface area contributed by atoms with Gasteiger partial charge >= 0.3 is 0 Å². The Morgan fingerprint density at radius 1 is 1.13 bits per heavy atom. The third kappa shape index (κ3) is 2.41. The van der Waals surface area contributed by atoms with Crippen molar-refractivity contribution in [2.45, 2.75) is 70.4 Å². The first kappa shape index (κ1) is 11.1. The molecule has 2 aliphatic rings. The maximum atomic E-state index is 11.8. The summed E-state index contributed by atoms with van der Waals surface area (Å²) in [6, 6.07) is 0.980. The van der Waals surface area contributed by atoms with E-state index in [1.807, 2.05) is 0 Å². The molecule has 0 aromatic rings. The molecule has 0 radical (unpaired) electrons. The lowest BCUT2D eigenvalue weighted by Gasteiger charge is -2.37. The van der Waals surface area contributed by atoms with Gasteiger partial charge in [-0.05, 0) is 32.2 Å². The van der Waals surface area contributed by atoms with Gasteiger partial charge in [-0.2, -0.15) is 0 Å². The number of hydrogen-bond acceptors (Lipinski definition) is 2. The van der Waals surface area contributed by atoms with Crippen LogP contribution in [-0.2, 0) is 4.79 Å². The fraction of sp³-hybridized carbons (Fsp3) is 0.923. The number of rotatable bonds is 3. The minimum atomic E-state index is 0.276. The predicted molar refractivity (Wildman–Crippen MR) is 61.9 cm³/mol. The molecule has 1 atom stereocenters. The first-order valence-corrected chi connectivity index (χ1v) is 6.61. The third-order valence-corrected chi connectivity index (χ3v) is 4.08. The van der Waals surface area contributed by atoms with Gasteiger partial charge in [0.15, 0.2) is 0 Å². The molecule has 2 heteroatoms. The van der Waals surface area contributed by atoms with Crippen LogP contribution in [0.5, 0.6) is 0 Å². The highest BCUT2D eigenvalue weighted by Gasteiger charge is 2.33. The highest BCUT2D eigenvalue weighted by molar-refractivity contribution is 5.85. The van der Waals surface area contributed by atoms with Gasteiger partial charge in [0, 0.05) is 12.5 Å². The summed E-state index contributed by atoms with van der Waals surface area (Å²) in [5, 5.41) is 0. The quantitative estimate of drug-likeness (QED) is 0.712. The van der Waals surface area contributed by atoms with Crippen molar-refractivity contribution in [2.75, 3.05) is 6.54 Å². The topological polar surface area (TPSA) is 20.3 Å². The Kier molecular flexibility index (Phi) is 3.79. The highest BCUT2D eigenvalue weighted by atomic mass is 16.1. The average Bonchev–Trinajstić information content (AvgIpc) is 2.68. The number of nitrogens with zero attached hydrogens (tertiary/aromatic N) is 1. The van der Waals surface area contributed by atoms with Crippen molar-refractivity contribution in [1.82, 2.24) is 4.90 Å². The monoisotopic (exact) mass is 209 g/mol.